The van der Waals surface area contributed by atoms with E-state index in [0.29, 0.717) is 6.42 Å². The van der Waals surface area contributed by atoms with E-state index in [9.17, 15) is 4.79 Å². The van der Waals surface area contributed by atoms with E-state index in [2.05, 4.69) is 19.9 Å². The molecule has 0 spiro atoms. The molecule has 0 saturated carbocycles. The van der Waals surface area contributed by atoms with E-state index in [4.69, 9.17) is 9.84 Å². The number of fused-ring (bicyclic) bond motifs is 1. The molecule has 0 radical (unpaired) electrons. The van der Waals surface area contributed by atoms with Crippen LogP contribution in [0.4, 0.5) is 0 Å². The van der Waals surface area contributed by atoms with Crippen LogP contribution in [0.2, 0.25) is 0 Å². The second kappa shape index (κ2) is 4.40. The standard InChI is InChI=1S/C14H18O3/c1-14(2)9-17-12-7-6-10(8-11(12)14)4-3-5-13(15)16/h6-8H,3-5,9H2,1-2H3,(H,15,16). The molecule has 1 aliphatic rings. The lowest BCUT2D eigenvalue weighted by Gasteiger charge is -2.15. The number of ether oxygens (including phenoxy) is 1. The first-order valence-electron chi connectivity index (χ1n) is 5.97. The average Bonchev–Trinajstić information content (AvgIpc) is 2.55. The van der Waals surface area contributed by atoms with Gasteiger partial charge in [-0.25, -0.2) is 0 Å². The molecule has 1 heterocycles. The Bertz CT molecular complexity index is 435. The second-order valence-electron chi connectivity index (χ2n) is 5.25. The van der Waals surface area contributed by atoms with E-state index in [-0.39, 0.29) is 11.8 Å². The zero-order valence-corrected chi connectivity index (χ0v) is 10.3. The van der Waals surface area contributed by atoms with Gasteiger partial charge in [0.15, 0.2) is 0 Å². The molecular formula is C14H18O3. The third-order valence-corrected chi connectivity index (χ3v) is 3.22. The van der Waals surface area contributed by atoms with Crippen molar-refractivity contribution < 1.29 is 14.6 Å². The molecule has 2 rings (SSSR count). The van der Waals surface area contributed by atoms with Crippen molar-refractivity contribution in [2.24, 2.45) is 0 Å². The van der Waals surface area contributed by atoms with E-state index < -0.39 is 5.97 Å². The number of hydrogen-bond acceptors (Lipinski definition) is 2. The summed E-state index contributed by atoms with van der Waals surface area (Å²) in [6.45, 7) is 5.06. The fourth-order valence-corrected chi connectivity index (χ4v) is 2.17. The predicted octanol–water partition coefficient (Wildman–Crippen LogP) is 2.76. The van der Waals surface area contributed by atoms with Crippen molar-refractivity contribution in [3.05, 3.63) is 29.3 Å². The molecule has 0 unspecified atom stereocenters. The maximum atomic E-state index is 10.5. The molecule has 1 aromatic carbocycles. The minimum atomic E-state index is -0.727. The lowest BCUT2D eigenvalue weighted by atomic mass is 9.86. The number of carboxylic acid groups (broad SMARTS) is 1. The van der Waals surface area contributed by atoms with Crippen LogP contribution in [0.1, 0.15) is 37.8 Å². The van der Waals surface area contributed by atoms with Gasteiger partial charge in [-0.3, -0.25) is 4.79 Å². The molecule has 3 nitrogen and oxygen atoms in total. The maximum Gasteiger partial charge on any atom is 0.303 e. The molecule has 0 amide bonds. The van der Waals surface area contributed by atoms with Crippen LogP contribution < -0.4 is 4.74 Å². The molecule has 0 aromatic heterocycles. The number of carboxylic acids is 1. The van der Waals surface area contributed by atoms with Gasteiger partial charge < -0.3 is 9.84 Å². The summed E-state index contributed by atoms with van der Waals surface area (Å²) < 4.78 is 5.62. The first-order chi connectivity index (χ1) is 7.99. The predicted molar refractivity (Wildman–Crippen MR) is 65.5 cm³/mol. The first kappa shape index (κ1) is 12.0. The Labute approximate surface area is 101 Å². The number of rotatable bonds is 4. The Morgan fingerprint density at radius 1 is 1.47 bits per heavy atom. The Morgan fingerprint density at radius 2 is 2.24 bits per heavy atom. The highest BCUT2D eigenvalue weighted by Gasteiger charge is 2.31. The van der Waals surface area contributed by atoms with Crippen molar-refractivity contribution in [1.29, 1.82) is 0 Å². The Hall–Kier alpha value is -1.51. The van der Waals surface area contributed by atoms with Gasteiger partial charge in [0.2, 0.25) is 0 Å². The summed E-state index contributed by atoms with van der Waals surface area (Å²) in [7, 11) is 0. The Kier molecular flexibility index (Phi) is 3.09. The highest BCUT2D eigenvalue weighted by atomic mass is 16.5. The van der Waals surface area contributed by atoms with Gasteiger partial charge >= 0.3 is 5.97 Å². The van der Waals surface area contributed by atoms with Gasteiger partial charge in [-0.05, 0) is 24.5 Å². The molecule has 92 valence electrons. The molecule has 3 heteroatoms. The zero-order chi connectivity index (χ0) is 12.5. The Morgan fingerprint density at radius 3 is 2.94 bits per heavy atom. The Balaban J connectivity index is 2.09. The van der Waals surface area contributed by atoms with Gasteiger partial charge in [0, 0.05) is 17.4 Å². The summed E-state index contributed by atoms with van der Waals surface area (Å²) in [5.74, 6) is 0.242. The molecule has 1 N–H and O–H groups in total. The van der Waals surface area contributed by atoms with Crippen LogP contribution in [-0.4, -0.2) is 17.7 Å². The van der Waals surface area contributed by atoms with Crippen molar-refractivity contribution in [2.45, 2.75) is 38.5 Å². The van der Waals surface area contributed by atoms with Gasteiger partial charge in [0.25, 0.3) is 0 Å². The van der Waals surface area contributed by atoms with Crippen LogP contribution in [0.15, 0.2) is 18.2 Å². The number of carbonyl (C=O) groups is 1. The summed E-state index contributed by atoms with van der Waals surface area (Å²) >= 11 is 0. The van der Waals surface area contributed by atoms with Crippen molar-refractivity contribution >= 4 is 5.97 Å². The number of aryl methyl sites for hydroxylation is 1. The molecule has 0 saturated heterocycles. The zero-order valence-electron chi connectivity index (χ0n) is 10.3. The van der Waals surface area contributed by atoms with Gasteiger partial charge in [-0.15, -0.1) is 0 Å². The fourth-order valence-electron chi connectivity index (χ4n) is 2.17. The van der Waals surface area contributed by atoms with Crippen LogP contribution >= 0.6 is 0 Å². The third kappa shape index (κ3) is 2.60. The van der Waals surface area contributed by atoms with E-state index in [1.54, 1.807) is 0 Å². The fraction of sp³-hybridized carbons (Fsp3) is 0.500. The monoisotopic (exact) mass is 234 g/mol. The van der Waals surface area contributed by atoms with Gasteiger partial charge in [-0.2, -0.15) is 0 Å². The van der Waals surface area contributed by atoms with E-state index in [0.717, 1.165) is 18.8 Å². The van der Waals surface area contributed by atoms with Crippen molar-refractivity contribution in [3.63, 3.8) is 0 Å². The lowest BCUT2D eigenvalue weighted by Crippen LogP contribution is -2.18. The van der Waals surface area contributed by atoms with E-state index in [1.165, 1.54) is 11.1 Å². The molecule has 1 aliphatic heterocycles. The minimum Gasteiger partial charge on any atom is -0.492 e. The highest BCUT2D eigenvalue weighted by Crippen LogP contribution is 2.38. The molecular weight excluding hydrogens is 216 g/mol. The largest absolute Gasteiger partial charge is 0.492 e. The van der Waals surface area contributed by atoms with Crippen LogP contribution in [0, 0.1) is 0 Å². The maximum absolute atomic E-state index is 10.5. The lowest BCUT2D eigenvalue weighted by molar-refractivity contribution is -0.137. The van der Waals surface area contributed by atoms with Gasteiger partial charge in [-0.1, -0.05) is 26.0 Å². The molecule has 1 aromatic rings. The molecule has 17 heavy (non-hydrogen) atoms. The van der Waals surface area contributed by atoms with Crippen molar-refractivity contribution in [2.75, 3.05) is 6.61 Å². The van der Waals surface area contributed by atoms with E-state index >= 15 is 0 Å². The number of aliphatic carboxylic acids is 1. The summed E-state index contributed by atoms with van der Waals surface area (Å²) in [5, 5.41) is 8.61. The third-order valence-electron chi connectivity index (χ3n) is 3.22. The van der Waals surface area contributed by atoms with Crippen LogP contribution in [0.25, 0.3) is 0 Å². The summed E-state index contributed by atoms with van der Waals surface area (Å²) in [6, 6.07) is 6.19. The average molecular weight is 234 g/mol. The summed E-state index contributed by atoms with van der Waals surface area (Å²) in [5.41, 5.74) is 2.51. The second-order valence-corrected chi connectivity index (χ2v) is 5.25. The quantitative estimate of drug-likeness (QED) is 0.871. The molecule has 0 fully saturated rings. The number of hydrogen-bond donors (Lipinski definition) is 1. The molecule has 0 bridgehead atoms. The van der Waals surface area contributed by atoms with Crippen LogP contribution in [0.3, 0.4) is 0 Å². The highest BCUT2D eigenvalue weighted by molar-refractivity contribution is 5.66. The molecule has 0 atom stereocenters. The van der Waals surface area contributed by atoms with Crippen molar-refractivity contribution in [1.82, 2.24) is 0 Å². The van der Waals surface area contributed by atoms with Crippen LogP contribution in [-0.2, 0) is 16.6 Å². The number of benzene rings is 1. The van der Waals surface area contributed by atoms with E-state index in [1.807, 2.05) is 12.1 Å². The van der Waals surface area contributed by atoms with Crippen LogP contribution in [0.5, 0.6) is 5.75 Å². The summed E-state index contributed by atoms with van der Waals surface area (Å²) in [4.78, 5) is 10.5. The summed E-state index contributed by atoms with van der Waals surface area (Å²) in [6.07, 6.45) is 1.74. The molecule has 0 aliphatic carbocycles. The normalized spacial score (nSPS) is 16.4. The SMILES string of the molecule is CC1(C)COc2ccc(CCCC(=O)O)cc21. The van der Waals surface area contributed by atoms with Gasteiger partial charge in [0.1, 0.15) is 5.75 Å². The smallest absolute Gasteiger partial charge is 0.303 e. The first-order valence-corrected chi connectivity index (χ1v) is 5.97. The van der Waals surface area contributed by atoms with Crippen molar-refractivity contribution in [3.8, 4) is 5.75 Å². The minimum absolute atomic E-state index is 0.0676. The van der Waals surface area contributed by atoms with Gasteiger partial charge in [0.05, 0.1) is 6.61 Å². The topological polar surface area (TPSA) is 46.5 Å².